The molecule has 1 aromatic heterocycles. The minimum Gasteiger partial charge on any atom is -0.478 e. The van der Waals surface area contributed by atoms with E-state index in [1.54, 1.807) is 38.1 Å². The summed E-state index contributed by atoms with van der Waals surface area (Å²) in [5, 5.41) is 8.69. The predicted octanol–water partition coefficient (Wildman–Crippen LogP) is 3.55. The highest BCUT2D eigenvalue weighted by Gasteiger charge is 2.36. The summed E-state index contributed by atoms with van der Waals surface area (Å²) in [6, 6.07) is 8.13. The van der Waals surface area contributed by atoms with Crippen LogP contribution in [0.3, 0.4) is 0 Å². The van der Waals surface area contributed by atoms with Gasteiger partial charge in [-0.2, -0.15) is 0 Å². The van der Waals surface area contributed by atoms with E-state index in [1.807, 2.05) is 0 Å². The van der Waals surface area contributed by atoms with E-state index in [9.17, 15) is 24.3 Å². The van der Waals surface area contributed by atoms with Crippen molar-refractivity contribution in [1.29, 1.82) is 0 Å². The molecule has 3 rings (SSSR count). The summed E-state index contributed by atoms with van der Waals surface area (Å²) in [7, 11) is 0. The normalized spacial score (nSPS) is 15.2. The maximum Gasteiger partial charge on any atom is 0.335 e. The second kappa shape index (κ2) is 8.36. The molecule has 0 atom stereocenters. The van der Waals surface area contributed by atoms with Gasteiger partial charge in [0.25, 0.3) is 11.1 Å². The average Bonchev–Trinajstić information content (AvgIpc) is 3.22. The number of carbonyl (C=O) groups is 4. The van der Waals surface area contributed by atoms with Crippen molar-refractivity contribution in [3.8, 4) is 11.3 Å². The number of carboxylic acid groups (broad SMARTS) is 1. The first-order valence-electron chi connectivity index (χ1n) is 8.66. The van der Waals surface area contributed by atoms with Crippen LogP contribution in [0.1, 0.15) is 28.6 Å². The summed E-state index contributed by atoms with van der Waals surface area (Å²) in [6.45, 7) is 3.03. The number of hydrogen-bond acceptors (Lipinski definition) is 7. The molecule has 8 nitrogen and oxygen atoms in total. The SMILES string of the molecule is CCOC(=O)CN1C(=O)S/C(=C/c2ccc(-c3cccc(C(=O)O)c3C)o2)C1=O. The topological polar surface area (TPSA) is 114 Å². The van der Waals surface area contributed by atoms with Gasteiger partial charge in [0.05, 0.1) is 17.1 Å². The third kappa shape index (κ3) is 4.24. The zero-order chi connectivity index (χ0) is 21.1. The van der Waals surface area contributed by atoms with E-state index in [1.165, 1.54) is 12.1 Å². The number of benzene rings is 1. The third-order valence-electron chi connectivity index (χ3n) is 4.20. The number of rotatable bonds is 6. The van der Waals surface area contributed by atoms with Crippen LogP contribution in [0, 0.1) is 6.92 Å². The second-order valence-corrected chi connectivity index (χ2v) is 7.05. The molecule has 2 amide bonds. The van der Waals surface area contributed by atoms with Crippen LogP contribution < -0.4 is 0 Å². The van der Waals surface area contributed by atoms with E-state index in [-0.39, 0.29) is 17.1 Å². The van der Waals surface area contributed by atoms with Gasteiger partial charge in [-0.25, -0.2) is 4.79 Å². The van der Waals surface area contributed by atoms with E-state index < -0.39 is 29.6 Å². The number of imide groups is 1. The molecule has 29 heavy (non-hydrogen) atoms. The van der Waals surface area contributed by atoms with Gasteiger partial charge < -0.3 is 14.3 Å². The fraction of sp³-hybridized carbons (Fsp3) is 0.200. The van der Waals surface area contributed by atoms with Gasteiger partial charge in [0.15, 0.2) is 0 Å². The van der Waals surface area contributed by atoms with Crippen molar-refractivity contribution < 1.29 is 33.4 Å². The van der Waals surface area contributed by atoms with Gasteiger partial charge in [0.1, 0.15) is 18.1 Å². The molecular formula is C20H17NO7S. The number of hydrogen-bond donors (Lipinski definition) is 1. The van der Waals surface area contributed by atoms with E-state index >= 15 is 0 Å². The number of carboxylic acids is 1. The van der Waals surface area contributed by atoms with Crippen LogP contribution in [0.15, 0.2) is 39.7 Å². The van der Waals surface area contributed by atoms with Crippen molar-refractivity contribution in [3.05, 3.63) is 52.1 Å². The highest BCUT2D eigenvalue weighted by molar-refractivity contribution is 8.18. The van der Waals surface area contributed by atoms with Crippen molar-refractivity contribution in [3.63, 3.8) is 0 Å². The Balaban J connectivity index is 1.83. The van der Waals surface area contributed by atoms with Crippen LogP contribution in [0.2, 0.25) is 0 Å². The van der Waals surface area contributed by atoms with Crippen molar-refractivity contribution in [2.75, 3.05) is 13.2 Å². The Bertz CT molecular complexity index is 1040. The Kier molecular flexibility index (Phi) is 5.88. The largest absolute Gasteiger partial charge is 0.478 e. The molecule has 2 heterocycles. The van der Waals surface area contributed by atoms with Gasteiger partial charge >= 0.3 is 11.9 Å². The quantitative estimate of drug-likeness (QED) is 0.563. The van der Waals surface area contributed by atoms with Crippen LogP contribution in [-0.4, -0.2) is 46.2 Å². The molecule has 1 aliphatic rings. The lowest BCUT2D eigenvalue weighted by atomic mass is 10.0. The Hall–Kier alpha value is -3.33. The molecule has 1 aromatic carbocycles. The molecule has 0 aliphatic carbocycles. The van der Waals surface area contributed by atoms with Gasteiger partial charge in [-0.05, 0) is 49.4 Å². The highest BCUT2D eigenvalue weighted by Crippen LogP contribution is 2.34. The van der Waals surface area contributed by atoms with E-state index in [0.29, 0.717) is 34.4 Å². The van der Waals surface area contributed by atoms with E-state index in [0.717, 1.165) is 4.90 Å². The van der Waals surface area contributed by atoms with Crippen LogP contribution in [0.25, 0.3) is 17.4 Å². The molecule has 0 unspecified atom stereocenters. The van der Waals surface area contributed by atoms with E-state index in [2.05, 4.69) is 0 Å². The number of nitrogens with zero attached hydrogens (tertiary/aromatic N) is 1. The van der Waals surface area contributed by atoms with Crippen LogP contribution in [-0.2, 0) is 14.3 Å². The zero-order valence-electron chi connectivity index (χ0n) is 15.6. The first-order chi connectivity index (χ1) is 13.8. The molecule has 0 bridgehead atoms. The predicted molar refractivity (Wildman–Crippen MR) is 105 cm³/mol. The highest BCUT2D eigenvalue weighted by atomic mass is 32.2. The van der Waals surface area contributed by atoms with Crippen LogP contribution in [0.4, 0.5) is 4.79 Å². The van der Waals surface area contributed by atoms with Crippen LogP contribution >= 0.6 is 11.8 Å². The first-order valence-corrected chi connectivity index (χ1v) is 9.47. The van der Waals surface area contributed by atoms with Gasteiger partial charge in [-0.3, -0.25) is 19.3 Å². The number of thioether (sulfide) groups is 1. The van der Waals surface area contributed by atoms with Crippen molar-refractivity contribution in [2.24, 2.45) is 0 Å². The fourth-order valence-electron chi connectivity index (χ4n) is 2.81. The standard InChI is InChI=1S/C20H17NO7S/c1-3-27-17(22)10-21-18(23)16(29-20(21)26)9-12-7-8-15(28-12)13-5-4-6-14(11(13)2)19(24)25/h4-9H,3,10H2,1-2H3,(H,24,25)/b16-9+. The van der Waals surface area contributed by atoms with Gasteiger partial charge in [-0.1, -0.05) is 12.1 Å². The molecule has 1 fully saturated rings. The van der Waals surface area contributed by atoms with E-state index in [4.69, 9.17) is 9.15 Å². The molecule has 1 aliphatic heterocycles. The summed E-state index contributed by atoms with van der Waals surface area (Å²) in [6.07, 6.45) is 1.41. The maximum atomic E-state index is 12.4. The average molecular weight is 415 g/mol. The molecule has 0 saturated carbocycles. The number of aromatic carboxylic acids is 1. The van der Waals surface area contributed by atoms with Crippen LogP contribution in [0.5, 0.6) is 0 Å². The molecule has 1 N–H and O–H groups in total. The molecular weight excluding hydrogens is 398 g/mol. The van der Waals surface area contributed by atoms with Crippen molar-refractivity contribution in [1.82, 2.24) is 4.90 Å². The zero-order valence-corrected chi connectivity index (χ0v) is 16.4. The maximum absolute atomic E-state index is 12.4. The number of ether oxygens (including phenoxy) is 1. The lowest BCUT2D eigenvalue weighted by Crippen LogP contribution is -2.34. The second-order valence-electron chi connectivity index (χ2n) is 6.06. The lowest BCUT2D eigenvalue weighted by molar-refractivity contribution is -0.145. The van der Waals surface area contributed by atoms with Gasteiger partial charge in [-0.15, -0.1) is 0 Å². The fourth-order valence-corrected chi connectivity index (χ4v) is 3.63. The van der Waals surface area contributed by atoms with Crippen molar-refractivity contribution in [2.45, 2.75) is 13.8 Å². The van der Waals surface area contributed by atoms with Crippen molar-refractivity contribution >= 4 is 40.9 Å². The Morgan fingerprint density at radius 3 is 2.69 bits per heavy atom. The molecule has 9 heteroatoms. The minimum absolute atomic E-state index is 0.121. The molecule has 1 saturated heterocycles. The summed E-state index contributed by atoms with van der Waals surface area (Å²) in [5.74, 6) is -1.55. The Morgan fingerprint density at radius 1 is 1.24 bits per heavy atom. The molecule has 2 aromatic rings. The number of amides is 2. The Labute approximate surface area is 170 Å². The minimum atomic E-state index is -1.04. The summed E-state index contributed by atoms with van der Waals surface area (Å²) >= 11 is 0.704. The number of esters is 1. The summed E-state index contributed by atoms with van der Waals surface area (Å²) < 4.78 is 10.5. The molecule has 0 radical (unpaired) electrons. The molecule has 150 valence electrons. The number of carbonyl (C=O) groups excluding carboxylic acids is 3. The van der Waals surface area contributed by atoms with Gasteiger partial charge in [0, 0.05) is 11.6 Å². The first kappa shape index (κ1) is 20.4. The smallest absolute Gasteiger partial charge is 0.335 e. The summed E-state index contributed by atoms with van der Waals surface area (Å²) in [4.78, 5) is 48.3. The summed E-state index contributed by atoms with van der Waals surface area (Å²) in [5.41, 5.74) is 1.33. The Morgan fingerprint density at radius 2 is 2.00 bits per heavy atom. The lowest BCUT2D eigenvalue weighted by Gasteiger charge is -2.10. The monoisotopic (exact) mass is 415 g/mol. The third-order valence-corrected chi connectivity index (χ3v) is 5.10. The number of furan rings is 1. The molecule has 0 spiro atoms. The van der Waals surface area contributed by atoms with Gasteiger partial charge in [0.2, 0.25) is 0 Å².